The van der Waals surface area contributed by atoms with Gasteiger partial charge in [0, 0.05) is 33.7 Å². The van der Waals surface area contributed by atoms with E-state index in [0.29, 0.717) is 36.6 Å². The van der Waals surface area contributed by atoms with Crippen molar-refractivity contribution in [2.45, 2.75) is 13.5 Å². The molecule has 2 aromatic heterocycles. The number of hydrogen-bond donors (Lipinski definition) is 1. The Morgan fingerprint density at radius 2 is 1.87 bits per heavy atom. The van der Waals surface area contributed by atoms with Crippen LogP contribution in [0, 0.1) is 0 Å². The standard InChI is InChI=1S/C14H20N6O3/c1-4-20-6-5-19(8-10(20)21)7-9-15-11-12(16-9)17(2)14(23)18(3)13(11)22/h4-8H2,1-3H3,(H,15,16). The zero-order chi connectivity index (χ0) is 16.7. The molecule has 0 aliphatic carbocycles. The first-order valence-corrected chi connectivity index (χ1v) is 7.57. The van der Waals surface area contributed by atoms with E-state index in [1.165, 1.54) is 11.6 Å². The number of hydrogen-bond acceptors (Lipinski definition) is 5. The van der Waals surface area contributed by atoms with Gasteiger partial charge in [0.2, 0.25) is 5.91 Å². The minimum Gasteiger partial charge on any atom is -0.341 e. The summed E-state index contributed by atoms with van der Waals surface area (Å²) in [6.07, 6.45) is 0. The summed E-state index contributed by atoms with van der Waals surface area (Å²) in [5.74, 6) is 0.675. The maximum Gasteiger partial charge on any atom is 0.332 e. The van der Waals surface area contributed by atoms with E-state index < -0.39 is 11.2 Å². The Balaban J connectivity index is 1.89. The summed E-state index contributed by atoms with van der Waals surface area (Å²) in [6.45, 7) is 4.90. The molecule has 124 valence electrons. The molecule has 2 aromatic rings. The number of rotatable bonds is 3. The van der Waals surface area contributed by atoms with Crippen LogP contribution >= 0.6 is 0 Å². The molecule has 3 rings (SSSR count). The fourth-order valence-electron chi connectivity index (χ4n) is 2.89. The number of aromatic amines is 1. The number of aromatic nitrogens is 4. The lowest BCUT2D eigenvalue weighted by atomic mass is 10.3. The van der Waals surface area contributed by atoms with Crippen molar-refractivity contribution in [1.29, 1.82) is 0 Å². The molecule has 1 amide bonds. The smallest absolute Gasteiger partial charge is 0.332 e. The number of carbonyl (C=O) groups excluding carboxylic acids is 1. The van der Waals surface area contributed by atoms with Gasteiger partial charge >= 0.3 is 5.69 Å². The minimum absolute atomic E-state index is 0.0955. The Labute approximate surface area is 132 Å². The van der Waals surface area contributed by atoms with Crippen LogP contribution in [0.25, 0.3) is 11.2 Å². The molecule has 0 unspecified atom stereocenters. The fraction of sp³-hybridized carbons (Fsp3) is 0.571. The van der Waals surface area contributed by atoms with Crippen molar-refractivity contribution in [3.05, 3.63) is 26.7 Å². The monoisotopic (exact) mass is 320 g/mol. The second kappa shape index (κ2) is 5.65. The first-order valence-electron chi connectivity index (χ1n) is 7.57. The van der Waals surface area contributed by atoms with Crippen LogP contribution in [0.5, 0.6) is 0 Å². The van der Waals surface area contributed by atoms with E-state index in [-0.39, 0.29) is 5.91 Å². The zero-order valence-electron chi connectivity index (χ0n) is 13.5. The Kier molecular flexibility index (Phi) is 3.80. The number of fused-ring (bicyclic) bond motifs is 1. The largest absolute Gasteiger partial charge is 0.341 e. The lowest BCUT2D eigenvalue weighted by Crippen LogP contribution is -2.49. The first-order chi connectivity index (χ1) is 10.9. The predicted molar refractivity (Wildman–Crippen MR) is 84.1 cm³/mol. The molecule has 1 aliphatic rings. The van der Waals surface area contributed by atoms with Crippen molar-refractivity contribution in [2.75, 3.05) is 26.2 Å². The highest BCUT2D eigenvalue weighted by atomic mass is 16.2. The van der Waals surface area contributed by atoms with Crippen molar-refractivity contribution in [1.82, 2.24) is 28.9 Å². The highest BCUT2D eigenvalue weighted by molar-refractivity contribution is 5.79. The third kappa shape index (κ3) is 2.56. The van der Waals surface area contributed by atoms with E-state index in [1.54, 1.807) is 7.05 Å². The second-order valence-corrected chi connectivity index (χ2v) is 5.77. The van der Waals surface area contributed by atoms with Crippen LogP contribution < -0.4 is 11.2 Å². The van der Waals surface area contributed by atoms with Gasteiger partial charge in [-0.2, -0.15) is 0 Å². The van der Waals surface area contributed by atoms with Crippen molar-refractivity contribution in [3.63, 3.8) is 0 Å². The summed E-state index contributed by atoms with van der Waals surface area (Å²) in [5.41, 5.74) is -0.157. The van der Waals surface area contributed by atoms with Crippen LogP contribution in [-0.4, -0.2) is 61.0 Å². The van der Waals surface area contributed by atoms with Gasteiger partial charge in [-0.15, -0.1) is 0 Å². The number of amides is 1. The fourth-order valence-corrected chi connectivity index (χ4v) is 2.89. The normalized spacial score (nSPS) is 16.5. The molecule has 0 radical (unpaired) electrons. The highest BCUT2D eigenvalue weighted by Crippen LogP contribution is 2.10. The summed E-state index contributed by atoms with van der Waals surface area (Å²) >= 11 is 0. The average Bonchev–Trinajstić information content (AvgIpc) is 2.95. The number of imidazole rings is 1. The Morgan fingerprint density at radius 1 is 1.13 bits per heavy atom. The lowest BCUT2D eigenvalue weighted by Gasteiger charge is -2.33. The molecule has 9 heteroatoms. The van der Waals surface area contributed by atoms with Gasteiger partial charge in [-0.3, -0.25) is 23.6 Å². The first kappa shape index (κ1) is 15.5. The van der Waals surface area contributed by atoms with Gasteiger partial charge in [0.15, 0.2) is 5.65 Å². The van der Waals surface area contributed by atoms with Crippen molar-refractivity contribution < 1.29 is 4.79 Å². The molecule has 9 nitrogen and oxygen atoms in total. The van der Waals surface area contributed by atoms with Gasteiger partial charge in [-0.05, 0) is 6.92 Å². The van der Waals surface area contributed by atoms with E-state index in [1.807, 2.05) is 16.7 Å². The number of piperazine rings is 1. The number of likely N-dealkylation sites (N-methyl/N-ethyl adjacent to an activating group) is 1. The lowest BCUT2D eigenvalue weighted by molar-refractivity contribution is -0.135. The molecule has 0 spiro atoms. The van der Waals surface area contributed by atoms with Crippen LogP contribution in [0.3, 0.4) is 0 Å². The van der Waals surface area contributed by atoms with Crippen molar-refractivity contribution >= 4 is 17.1 Å². The topological polar surface area (TPSA) is 96.2 Å². The van der Waals surface area contributed by atoms with Crippen LogP contribution in [-0.2, 0) is 25.4 Å². The molecule has 0 saturated carbocycles. The molecule has 0 bridgehead atoms. The number of carbonyl (C=O) groups is 1. The van der Waals surface area contributed by atoms with Crippen LogP contribution in [0.2, 0.25) is 0 Å². The Bertz CT molecular complexity index is 877. The molecule has 1 fully saturated rings. The number of aryl methyl sites for hydroxylation is 1. The van der Waals surface area contributed by atoms with Crippen LogP contribution in [0.1, 0.15) is 12.7 Å². The highest BCUT2D eigenvalue weighted by Gasteiger charge is 2.23. The number of nitrogens with zero attached hydrogens (tertiary/aromatic N) is 5. The zero-order valence-corrected chi connectivity index (χ0v) is 13.5. The van der Waals surface area contributed by atoms with Gasteiger partial charge in [0.1, 0.15) is 11.3 Å². The second-order valence-electron chi connectivity index (χ2n) is 5.77. The van der Waals surface area contributed by atoms with Gasteiger partial charge in [-0.25, -0.2) is 9.78 Å². The maximum atomic E-state index is 12.1. The minimum atomic E-state index is -0.410. The molecule has 0 aromatic carbocycles. The van der Waals surface area contributed by atoms with Crippen LogP contribution in [0.15, 0.2) is 9.59 Å². The molecule has 0 atom stereocenters. The molecule has 1 saturated heterocycles. The van der Waals surface area contributed by atoms with Crippen molar-refractivity contribution in [3.8, 4) is 0 Å². The van der Waals surface area contributed by atoms with E-state index in [4.69, 9.17) is 0 Å². The molecule has 1 N–H and O–H groups in total. The number of nitrogens with one attached hydrogen (secondary N) is 1. The summed E-state index contributed by atoms with van der Waals surface area (Å²) in [6, 6.07) is 0. The molecular formula is C14H20N6O3. The van der Waals surface area contributed by atoms with Crippen LogP contribution in [0.4, 0.5) is 0 Å². The van der Waals surface area contributed by atoms with E-state index in [2.05, 4.69) is 9.97 Å². The third-order valence-corrected chi connectivity index (χ3v) is 4.30. The molecule has 23 heavy (non-hydrogen) atoms. The summed E-state index contributed by atoms with van der Waals surface area (Å²) < 4.78 is 2.39. The summed E-state index contributed by atoms with van der Waals surface area (Å²) in [4.78, 5) is 47.2. The molecule has 1 aliphatic heterocycles. The van der Waals surface area contributed by atoms with Gasteiger partial charge in [0.25, 0.3) is 5.56 Å². The summed E-state index contributed by atoms with van der Waals surface area (Å²) in [5, 5.41) is 0. The third-order valence-electron chi connectivity index (χ3n) is 4.30. The van der Waals surface area contributed by atoms with Gasteiger partial charge in [0.05, 0.1) is 13.1 Å². The summed E-state index contributed by atoms with van der Waals surface area (Å²) in [7, 11) is 3.02. The SMILES string of the molecule is CCN1CCN(Cc2nc3c([nH]2)c(=O)n(C)c(=O)n3C)CC1=O. The molecule has 3 heterocycles. The van der Waals surface area contributed by atoms with E-state index >= 15 is 0 Å². The quantitative estimate of drug-likeness (QED) is 0.752. The van der Waals surface area contributed by atoms with Crippen molar-refractivity contribution in [2.24, 2.45) is 14.1 Å². The predicted octanol–water partition coefficient (Wildman–Crippen LogP) is -1.38. The van der Waals surface area contributed by atoms with E-state index in [9.17, 15) is 14.4 Å². The van der Waals surface area contributed by atoms with Gasteiger partial charge < -0.3 is 9.88 Å². The van der Waals surface area contributed by atoms with E-state index in [0.717, 1.165) is 17.7 Å². The Hall–Kier alpha value is -2.42. The average molecular weight is 320 g/mol. The number of H-pyrrole nitrogens is 1. The van der Waals surface area contributed by atoms with Gasteiger partial charge in [-0.1, -0.05) is 0 Å². The molecular weight excluding hydrogens is 300 g/mol. The maximum absolute atomic E-state index is 12.1. The Morgan fingerprint density at radius 3 is 2.52 bits per heavy atom.